The highest BCUT2D eigenvalue weighted by Gasteiger charge is 2.28. The Labute approximate surface area is 209 Å². The van der Waals surface area contributed by atoms with E-state index in [0.717, 1.165) is 89.7 Å². The first-order valence-electron chi connectivity index (χ1n) is 13.4. The zero-order chi connectivity index (χ0) is 24.2. The molecule has 188 valence electrons. The van der Waals surface area contributed by atoms with Gasteiger partial charge in [-0.1, -0.05) is 18.2 Å². The smallest absolute Gasteiger partial charge is 0.226 e. The first-order chi connectivity index (χ1) is 17.1. The van der Waals surface area contributed by atoms with Crippen LogP contribution in [0.25, 0.3) is 0 Å². The molecule has 3 aliphatic rings. The average molecular weight is 478 g/mol. The Balaban J connectivity index is 1.23. The number of carbonyl (C=O) groups is 1. The third-order valence-corrected chi connectivity index (χ3v) is 7.68. The molecular weight excluding hydrogens is 438 g/mol. The van der Waals surface area contributed by atoms with Gasteiger partial charge in [-0.05, 0) is 68.1 Å². The van der Waals surface area contributed by atoms with Crippen LogP contribution in [0.3, 0.4) is 0 Å². The van der Waals surface area contributed by atoms with Gasteiger partial charge in [-0.25, -0.2) is 0 Å². The number of rotatable bonds is 7. The molecule has 1 fully saturated rings. The molecule has 3 heterocycles. The Morgan fingerprint density at radius 3 is 2.37 bits per heavy atom. The molecule has 2 aromatic rings. The molecule has 35 heavy (non-hydrogen) atoms. The van der Waals surface area contributed by atoms with Gasteiger partial charge in [0.05, 0.1) is 12.5 Å². The second-order valence-corrected chi connectivity index (χ2v) is 10.1. The van der Waals surface area contributed by atoms with Crippen molar-refractivity contribution in [2.45, 2.75) is 52.7 Å². The number of ether oxygens (including phenoxy) is 2. The van der Waals surface area contributed by atoms with Crippen LogP contribution in [0.2, 0.25) is 0 Å². The van der Waals surface area contributed by atoms with E-state index in [-0.39, 0.29) is 5.92 Å². The molecule has 0 radical (unpaired) electrons. The second-order valence-electron chi connectivity index (χ2n) is 10.1. The van der Waals surface area contributed by atoms with Crippen molar-refractivity contribution in [1.29, 1.82) is 0 Å². The first kappa shape index (κ1) is 24.1. The fraction of sp³-hybridized carbons (Fsp3) is 0.552. The summed E-state index contributed by atoms with van der Waals surface area (Å²) in [7, 11) is 0. The van der Waals surface area contributed by atoms with E-state index in [4.69, 9.17) is 9.47 Å². The minimum absolute atomic E-state index is 0.126. The molecule has 0 saturated carbocycles. The quantitative estimate of drug-likeness (QED) is 0.601. The molecule has 6 heteroatoms. The van der Waals surface area contributed by atoms with Gasteiger partial charge in [-0.2, -0.15) is 0 Å². The van der Waals surface area contributed by atoms with E-state index in [9.17, 15) is 4.79 Å². The van der Waals surface area contributed by atoms with Crippen molar-refractivity contribution < 1.29 is 14.3 Å². The Morgan fingerprint density at radius 1 is 0.914 bits per heavy atom. The summed E-state index contributed by atoms with van der Waals surface area (Å²) < 4.78 is 11.8. The lowest BCUT2D eigenvalue weighted by Crippen LogP contribution is -2.44. The van der Waals surface area contributed by atoms with Crippen molar-refractivity contribution in [2.75, 3.05) is 45.9 Å². The Bertz CT molecular complexity index is 1040. The van der Waals surface area contributed by atoms with E-state index in [1.54, 1.807) is 0 Å². The first-order valence-corrected chi connectivity index (χ1v) is 13.4. The fourth-order valence-corrected chi connectivity index (χ4v) is 5.78. The summed E-state index contributed by atoms with van der Waals surface area (Å²) in [6, 6.07) is 13.3. The summed E-state index contributed by atoms with van der Waals surface area (Å²) in [5.74, 6) is 2.50. The molecule has 5 rings (SSSR count). The molecule has 0 aromatic heterocycles. The second kappa shape index (κ2) is 11.0. The fourth-order valence-electron chi connectivity index (χ4n) is 5.78. The van der Waals surface area contributed by atoms with Crippen molar-refractivity contribution in [3.05, 3.63) is 58.7 Å². The third kappa shape index (κ3) is 5.65. The van der Waals surface area contributed by atoms with E-state index in [2.05, 4.69) is 60.0 Å². The molecular formula is C29H39N3O3. The average Bonchev–Trinajstić information content (AvgIpc) is 3.25. The van der Waals surface area contributed by atoms with Crippen molar-refractivity contribution in [1.82, 2.24) is 14.7 Å². The predicted molar refractivity (Wildman–Crippen MR) is 138 cm³/mol. The number of benzene rings is 2. The summed E-state index contributed by atoms with van der Waals surface area (Å²) in [5.41, 5.74) is 5.23. The van der Waals surface area contributed by atoms with Crippen LogP contribution in [0.5, 0.6) is 11.5 Å². The van der Waals surface area contributed by atoms with Crippen molar-refractivity contribution >= 4 is 5.91 Å². The topological polar surface area (TPSA) is 45.3 Å². The standard InChI is InChI=1S/C29H39N3O3/c1-3-32(4-2)29(33)25-6-5-12-30(20-25)18-23-8-10-28-26(17-23)21-31(13-15-35-28)19-22-7-9-27-24(16-22)11-14-34-27/h7-10,16-17,25H,3-6,11-15,18-21H2,1-2H3. The van der Waals surface area contributed by atoms with Gasteiger partial charge in [0, 0.05) is 57.8 Å². The van der Waals surface area contributed by atoms with Gasteiger partial charge >= 0.3 is 0 Å². The number of carbonyl (C=O) groups excluding carboxylic acids is 1. The van der Waals surface area contributed by atoms with Crippen LogP contribution in [0.1, 0.15) is 48.9 Å². The van der Waals surface area contributed by atoms with E-state index < -0.39 is 0 Å². The normalized spacial score (nSPS) is 20.3. The number of hydrogen-bond donors (Lipinski definition) is 0. The highest BCUT2D eigenvalue weighted by Crippen LogP contribution is 2.29. The highest BCUT2D eigenvalue weighted by molar-refractivity contribution is 5.79. The number of likely N-dealkylation sites (tertiary alicyclic amines) is 1. The van der Waals surface area contributed by atoms with Gasteiger partial charge in [0.2, 0.25) is 5.91 Å². The van der Waals surface area contributed by atoms with Gasteiger partial charge in [0.15, 0.2) is 0 Å². The van der Waals surface area contributed by atoms with Crippen LogP contribution in [0, 0.1) is 5.92 Å². The largest absolute Gasteiger partial charge is 0.493 e. The van der Waals surface area contributed by atoms with Crippen LogP contribution >= 0.6 is 0 Å². The number of amides is 1. The molecule has 0 bridgehead atoms. The SMILES string of the molecule is CCN(CC)C(=O)C1CCCN(Cc2ccc3c(c2)CN(Cc2ccc4c(c2)CCO4)CCO3)C1. The van der Waals surface area contributed by atoms with Gasteiger partial charge in [-0.3, -0.25) is 14.6 Å². The lowest BCUT2D eigenvalue weighted by Gasteiger charge is -2.34. The molecule has 1 atom stereocenters. The molecule has 3 aliphatic heterocycles. The summed E-state index contributed by atoms with van der Waals surface area (Å²) >= 11 is 0. The number of piperidine rings is 1. The van der Waals surface area contributed by atoms with Crippen LogP contribution in [0.15, 0.2) is 36.4 Å². The third-order valence-electron chi connectivity index (χ3n) is 7.68. The van der Waals surface area contributed by atoms with Crippen molar-refractivity contribution in [3.63, 3.8) is 0 Å². The van der Waals surface area contributed by atoms with Gasteiger partial charge in [-0.15, -0.1) is 0 Å². The maximum Gasteiger partial charge on any atom is 0.226 e. The van der Waals surface area contributed by atoms with Crippen LogP contribution in [-0.2, 0) is 30.8 Å². The van der Waals surface area contributed by atoms with Crippen molar-refractivity contribution in [2.24, 2.45) is 5.92 Å². The molecule has 0 aliphatic carbocycles. The van der Waals surface area contributed by atoms with Gasteiger partial charge in [0.25, 0.3) is 0 Å². The summed E-state index contributed by atoms with van der Waals surface area (Å²) in [5, 5.41) is 0. The van der Waals surface area contributed by atoms with E-state index in [0.29, 0.717) is 12.5 Å². The number of nitrogens with zero attached hydrogens (tertiary/aromatic N) is 3. The Hall–Kier alpha value is -2.57. The molecule has 1 amide bonds. The molecule has 2 aromatic carbocycles. The van der Waals surface area contributed by atoms with Crippen LogP contribution < -0.4 is 9.47 Å². The summed E-state index contributed by atoms with van der Waals surface area (Å²) in [6.07, 6.45) is 3.11. The molecule has 0 spiro atoms. The lowest BCUT2D eigenvalue weighted by molar-refractivity contribution is -0.137. The maximum absolute atomic E-state index is 12.9. The van der Waals surface area contributed by atoms with Crippen molar-refractivity contribution in [3.8, 4) is 11.5 Å². The Kier molecular flexibility index (Phi) is 7.59. The lowest BCUT2D eigenvalue weighted by atomic mass is 9.95. The highest BCUT2D eigenvalue weighted by atomic mass is 16.5. The number of hydrogen-bond acceptors (Lipinski definition) is 5. The zero-order valence-corrected chi connectivity index (χ0v) is 21.3. The Morgan fingerprint density at radius 2 is 1.60 bits per heavy atom. The number of fused-ring (bicyclic) bond motifs is 2. The van der Waals surface area contributed by atoms with Gasteiger partial charge in [0.1, 0.15) is 18.1 Å². The summed E-state index contributed by atoms with van der Waals surface area (Å²) in [6.45, 7) is 12.8. The van der Waals surface area contributed by atoms with E-state index in [1.165, 1.54) is 22.3 Å². The molecule has 1 saturated heterocycles. The molecule has 0 N–H and O–H groups in total. The van der Waals surface area contributed by atoms with Crippen LogP contribution in [0.4, 0.5) is 0 Å². The zero-order valence-electron chi connectivity index (χ0n) is 21.3. The maximum atomic E-state index is 12.9. The van der Waals surface area contributed by atoms with Crippen LogP contribution in [-0.4, -0.2) is 66.5 Å². The monoisotopic (exact) mass is 477 g/mol. The van der Waals surface area contributed by atoms with E-state index in [1.807, 2.05) is 4.90 Å². The minimum atomic E-state index is 0.126. The molecule has 1 unspecified atom stereocenters. The van der Waals surface area contributed by atoms with E-state index >= 15 is 0 Å². The minimum Gasteiger partial charge on any atom is -0.493 e. The summed E-state index contributed by atoms with van der Waals surface area (Å²) in [4.78, 5) is 19.8. The predicted octanol–water partition coefficient (Wildman–Crippen LogP) is 4.10. The molecule has 6 nitrogen and oxygen atoms in total. The van der Waals surface area contributed by atoms with Gasteiger partial charge < -0.3 is 14.4 Å².